The summed E-state index contributed by atoms with van der Waals surface area (Å²) in [5.41, 5.74) is 6.48. The van der Waals surface area contributed by atoms with Gasteiger partial charge in [-0.15, -0.1) is 5.10 Å². The van der Waals surface area contributed by atoms with Gasteiger partial charge in [-0.1, -0.05) is 42.1 Å². The van der Waals surface area contributed by atoms with E-state index in [4.69, 9.17) is 4.84 Å². The second-order valence-electron chi connectivity index (χ2n) is 5.43. The van der Waals surface area contributed by atoms with Crippen LogP contribution >= 0.6 is 11.8 Å². The molecule has 0 radical (unpaired) electrons. The maximum Gasteiger partial charge on any atom is 0.255 e. The van der Waals surface area contributed by atoms with E-state index in [0.717, 1.165) is 36.3 Å². The van der Waals surface area contributed by atoms with Crippen molar-refractivity contribution in [2.24, 2.45) is 0 Å². The molecule has 0 bridgehead atoms. The zero-order valence-electron chi connectivity index (χ0n) is 12.8. The Balaban J connectivity index is 1.63. The third-order valence-corrected chi connectivity index (χ3v) is 4.46. The number of aryl methyl sites for hydroxylation is 1. The summed E-state index contributed by atoms with van der Waals surface area (Å²) < 4.78 is 1.75. The smallest absolute Gasteiger partial charge is 0.255 e. The fourth-order valence-electron chi connectivity index (χ4n) is 2.82. The molecular weight excluding hydrogens is 310 g/mol. The predicted molar refractivity (Wildman–Crippen MR) is 89.4 cm³/mol. The molecule has 7 heteroatoms. The number of fused-ring (bicyclic) bond motifs is 2. The lowest BCUT2D eigenvalue weighted by Crippen LogP contribution is -2.11. The van der Waals surface area contributed by atoms with Gasteiger partial charge < -0.3 is 0 Å². The molecule has 2 heterocycles. The lowest BCUT2D eigenvalue weighted by molar-refractivity contribution is 0.177. The van der Waals surface area contributed by atoms with E-state index in [1.807, 2.05) is 36.6 Å². The van der Waals surface area contributed by atoms with Gasteiger partial charge in [-0.05, 0) is 31.1 Å². The first-order valence-electron chi connectivity index (χ1n) is 7.59. The van der Waals surface area contributed by atoms with Gasteiger partial charge in [0.2, 0.25) is 5.16 Å². The number of benzene rings is 1. The number of anilines is 1. The molecule has 0 saturated carbocycles. The minimum absolute atomic E-state index is 0.490. The highest BCUT2D eigenvalue weighted by Gasteiger charge is 2.22. The summed E-state index contributed by atoms with van der Waals surface area (Å²) in [6.07, 6.45) is 5.05. The lowest BCUT2D eigenvalue weighted by Gasteiger charge is -2.12. The van der Waals surface area contributed by atoms with Crippen molar-refractivity contribution in [3.63, 3.8) is 0 Å². The van der Waals surface area contributed by atoms with Gasteiger partial charge in [0.05, 0.1) is 12.3 Å². The minimum atomic E-state index is 0.490. The Hall–Kier alpha value is -2.12. The number of thioether (sulfide) groups is 1. The van der Waals surface area contributed by atoms with Gasteiger partial charge in [-0.2, -0.15) is 9.50 Å². The van der Waals surface area contributed by atoms with E-state index in [1.165, 1.54) is 17.3 Å². The lowest BCUT2D eigenvalue weighted by atomic mass is 10.2. The average Bonchev–Trinajstić information content (AvgIpc) is 3.21. The van der Waals surface area contributed by atoms with E-state index in [0.29, 0.717) is 17.5 Å². The molecule has 0 unspecified atom stereocenters. The second-order valence-corrected chi connectivity index (χ2v) is 6.20. The normalized spacial score (nSPS) is 13.4. The fraction of sp³-hybridized carbons (Fsp3) is 0.312. The Morgan fingerprint density at radius 2 is 2.09 bits per heavy atom. The van der Waals surface area contributed by atoms with Crippen LogP contribution in [0.25, 0.3) is 5.78 Å². The highest BCUT2D eigenvalue weighted by molar-refractivity contribution is 7.98. The molecule has 6 nitrogen and oxygen atoms in total. The second kappa shape index (κ2) is 6.17. The van der Waals surface area contributed by atoms with Gasteiger partial charge in [-0.25, -0.2) is 10.5 Å². The van der Waals surface area contributed by atoms with Crippen LogP contribution in [0.2, 0.25) is 0 Å². The molecule has 0 amide bonds. The Labute approximate surface area is 138 Å². The van der Waals surface area contributed by atoms with Crippen molar-refractivity contribution in [1.29, 1.82) is 0 Å². The van der Waals surface area contributed by atoms with E-state index in [-0.39, 0.29) is 0 Å². The minimum Gasteiger partial charge on any atom is -0.270 e. The molecule has 3 aromatic rings. The fourth-order valence-corrected chi connectivity index (χ4v) is 3.15. The van der Waals surface area contributed by atoms with Crippen molar-refractivity contribution >= 4 is 23.4 Å². The molecule has 0 saturated heterocycles. The van der Waals surface area contributed by atoms with E-state index in [2.05, 4.69) is 20.5 Å². The zero-order chi connectivity index (χ0) is 15.6. The molecule has 1 N–H and O–H groups in total. The molecule has 0 fully saturated rings. The van der Waals surface area contributed by atoms with E-state index in [9.17, 15) is 0 Å². The Morgan fingerprint density at radius 1 is 1.22 bits per heavy atom. The molecular formula is C16H17N5OS. The topological polar surface area (TPSA) is 64.3 Å². The number of rotatable bonds is 5. The Bertz CT molecular complexity index is 833. The zero-order valence-corrected chi connectivity index (χ0v) is 13.6. The van der Waals surface area contributed by atoms with Crippen LogP contribution < -0.4 is 5.48 Å². The van der Waals surface area contributed by atoms with Crippen LogP contribution in [0.15, 0.2) is 35.5 Å². The Kier molecular flexibility index (Phi) is 3.88. The maximum absolute atomic E-state index is 5.71. The summed E-state index contributed by atoms with van der Waals surface area (Å²) in [6.45, 7) is 0.490. The highest BCUT2D eigenvalue weighted by Crippen LogP contribution is 2.28. The van der Waals surface area contributed by atoms with Crippen LogP contribution in [0.1, 0.15) is 23.2 Å². The van der Waals surface area contributed by atoms with E-state index in [1.54, 1.807) is 4.52 Å². The molecule has 0 atom stereocenters. The van der Waals surface area contributed by atoms with Crippen molar-refractivity contribution in [1.82, 2.24) is 19.6 Å². The number of nitrogens with zero attached hydrogens (tertiary/aromatic N) is 4. The van der Waals surface area contributed by atoms with Gasteiger partial charge in [0.15, 0.2) is 5.82 Å². The van der Waals surface area contributed by atoms with Gasteiger partial charge in [0, 0.05) is 5.56 Å². The first kappa shape index (κ1) is 14.5. The molecule has 0 aliphatic heterocycles. The molecule has 1 aliphatic carbocycles. The third-order valence-electron chi connectivity index (χ3n) is 3.93. The van der Waals surface area contributed by atoms with Crippen molar-refractivity contribution in [2.45, 2.75) is 31.0 Å². The van der Waals surface area contributed by atoms with Crippen molar-refractivity contribution in [3.05, 3.63) is 47.2 Å². The van der Waals surface area contributed by atoms with Crippen LogP contribution in [-0.2, 0) is 24.3 Å². The standard InChI is InChI=1S/C16H17N5OS/c1-23-16-18-15-17-13-9-5-8-12(13)14(21(15)19-16)20-22-10-11-6-3-2-4-7-11/h2-4,6-7,20H,5,8-10H2,1H3. The predicted octanol–water partition coefficient (Wildman–Crippen LogP) is 2.88. The molecule has 4 rings (SSSR count). The van der Waals surface area contributed by atoms with Crippen molar-refractivity contribution < 1.29 is 4.84 Å². The monoisotopic (exact) mass is 327 g/mol. The molecule has 23 heavy (non-hydrogen) atoms. The highest BCUT2D eigenvalue weighted by atomic mass is 32.2. The summed E-state index contributed by atoms with van der Waals surface area (Å²) in [5, 5.41) is 5.21. The average molecular weight is 327 g/mol. The molecule has 1 aliphatic rings. The number of nitrogens with one attached hydrogen (secondary N) is 1. The van der Waals surface area contributed by atoms with Crippen molar-refractivity contribution in [3.8, 4) is 0 Å². The first-order valence-corrected chi connectivity index (χ1v) is 8.82. The van der Waals surface area contributed by atoms with Gasteiger partial charge in [0.25, 0.3) is 5.78 Å². The molecule has 1 aromatic carbocycles. The Morgan fingerprint density at radius 3 is 2.91 bits per heavy atom. The van der Waals surface area contributed by atoms with Gasteiger partial charge >= 0.3 is 0 Å². The molecule has 2 aromatic heterocycles. The van der Waals surface area contributed by atoms with Crippen LogP contribution in [0.5, 0.6) is 0 Å². The quantitative estimate of drug-likeness (QED) is 0.574. The van der Waals surface area contributed by atoms with Crippen LogP contribution in [-0.4, -0.2) is 25.8 Å². The molecule has 118 valence electrons. The summed E-state index contributed by atoms with van der Waals surface area (Å²) >= 11 is 1.51. The summed E-state index contributed by atoms with van der Waals surface area (Å²) in [4.78, 5) is 14.8. The van der Waals surface area contributed by atoms with Crippen LogP contribution in [0.3, 0.4) is 0 Å². The molecule has 0 spiro atoms. The van der Waals surface area contributed by atoms with Gasteiger partial charge in [-0.3, -0.25) is 4.84 Å². The number of hydrogen-bond acceptors (Lipinski definition) is 6. The summed E-state index contributed by atoms with van der Waals surface area (Å²) in [6, 6.07) is 10.1. The third kappa shape index (κ3) is 2.77. The summed E-state index contributed by atoms with van der Waals surface area (Å²) in [5.74, 6) is 1.48. The SMILES string of the molecule is CSc1nc2nc3c(c(NOCc4ccccc4)n2n1)CCC3. The van der Waals surface area contributed by atoms with Crippen LogP contribution in [0.4, 0.5) is 5.82 Å². The van der Waals surface area contributed by atoms with Gasteiger partial charge in [0.1, 0.15) is 0 Å². The maximum atomic E-state index is 5.71. The van der Waals surface area contributed by atoms with Crippen molar-refractivity contribution in [2.75, 3.05) is 11.7 Å². The number of aromatic nitrogens is 4. The first-order chi connectivity index (χ1) is 11.3. The van der Waals surface area contributed by atoms with E-state index >= 15 is 0 Å². The number of hydrogen-bond donors (Lipinski definition) is 1. The van der Waals surface area contributed by atoms with Crippen LogP contribution in [0, 0.1) is 0 Å². The largest absolute Gasteiger partial charge is 0.270 e. The van der Waals surface area contributed by atoms with E-state index < -0.39 is 0 Å². The summed E-state index contributed by atoms with van der Waals surface area (Å²) in [7, 11) is 0.